The summed E-state index contributed by atoms with van der Waals surface area (Å²) >= 11 is 0. The quantitative estimate of drug-likeness (QED) is 0.375. The molecule has 1 aromatic carbocycles. The van der Waals surface area contributed by atoms with Crippen molar-refractivity contribution >= 4 is 29.4 Å². The van der Waals surface area contributed by atoms with Crippen molar-refractivity contribution in [2.45, 2.75) is 44.3 Å². The molecule has 1 aromatic heterocycles. The second-order valence-corrected chi connectivity index (χ2v) is 10.2. The van der Waals surface area contributed by atoms with Crippen molar-refractivity contribution in [1.29, 1.82) is 0 Å². The third kappa shape index (κ3) is 5.99. The molecule has 0 bridgehead atoms. The van der Waals surface area contributed by atoms with Crippen molar-refractivity contribution in [3.05, 3.63) is 71.9 Å². The molecule has 2 aliphatic rings. The number of carbonyl (C=O) groups excluding carboxylic acids is 1. The topological polar surface area (TPSA) is 106 Å². The van der Waals surface area contributed by atoms with E-state index in [1.54, 1.807) is 23.1 Å². The Kier molecular flexibility index (Phi) is 9.14. The molecule has 0 aliphatic carbocycles. The molecule has 11 heteroatoms. The summed E-state index contributed by atoms with van der Waals surface area (Å²) in [6.45, 7) is 7.55. The zero-order chi connectivity index (χ0) is 28.9. The van der Waals surface area contributed by atoms with Crippen LogP contribution in [0.25, 0.3) is 16.7 Å². The summed E-state index contributed by atoms with van der Waals surface area (Å²) in [6, 6.07) is 2.02. The lowest BCUT2D eigenvalue weighted by molar-refractivity contribution is -0.148. The van der Waals surface area contributed by atoms with E-state index in [0.29, 0.717) is 68.1 Å². The van der Waals surface area contributed by atoms with Crippen LogP contribution in [0, 0.1) is 11.6 Å². The number of hydrogen-bond donors (Lipinski definition) is 2. The van der Waals surface area contributed by atoms with Crippen LogP contribution in [0.2, 0.25) is 0 Å². The number of nitrogens with two attached hydrogens (primary N) is 2. The molecular weight excluding hydrogens is 519 g/mol. The lowest BCUT2D eigenvalue weighted by atomic mass is 9.90. The molecule has 2 aromatic rings. The molecule has 2 fully saturated rings. The molecule has 40 heavy (non-hydrogen) atoms. The highest BCUT2D eigenvalue weighted by Gasteiger charge is 2.45. The number of amides is 1. The minimum atomic E-state index is -1.93. The van der Waals surface area contributed by atoms with Gasteiger partial charge in [0.25, 0.3) is 5.91 Å². The predicted molar refractivity (Wildman–Crippen MR) is 152 cm³/mol. The van der Waals surface area contributed by atoms with E-state index < -0.39 is 23.2 Å². The summed E-state index contributed by atoms with van der Waals surface area (Å²) in [7, 11) is 0. The Labute approximate surface area is 232 Å². The first-order chi connectivity index (χ1) is 19.2. The molecule has 1 amide bonds. The number of imidazole rings is 1. The molecular formula is C29H36F3N7O. The summed E-state index contributed by atoms with van der Waals surface area (Å²) in [5.74, 6) is -2.02. The van der Waals surface area contributed by atoms with E-state index in [-0.39, 0.29) is 18.9 Å². The molecule has 4 N–H and O–H groups in total. The van der Waals surface area contributed by atoms with Crippen LogP contribution in [0.5, 0.6) is 0 Å². The number of aliphatic imine (C=N–C) groups is 1. The van der Waals surface area contributed by atoms with E-state index in [4.69, 9.17) is 11.5 Å². The van der Waals surface area contributed by atoms with Gasteiger partial charge in [0.15, 0.2) is 23.1 Å². The molecule has 0 unspecified atom stereocenters. The van der Waals surface area contributed by atoms with Crippen molar-refractivity contribution < 1.29 is 18.0 Å². The Hall–Kier alpha value is -3.86. The van der Waals surface area contributed by atoms with Crippen molar-refractivity contribution in [2.24, 2.45) is 16.5 Å². The molecule has 0 radical (unpaired) electrons. The molecule has 0 saturated carbocycles. The molecule has 0 spiro atoms. The van der Waals surface area contributed by atoms with Gasteiger partial charge >= 0.3 is 0 Å². The minimum absolute atomic E-state index is 0.0984. The number of nitrogens with zero attached hydrogens (tertiary/aromatic N) is 5. The molecule has 2 aliphatic heterocycles. The van der Waals surface area contributed by atoms with Gasteiger partial charge in [-0.05, 0) is 56.6 Å². The van der Waals surface area contributed by atoms with Crippen LogP contribution in [0.15, 0.2) is 59.4 Å². The third-order valence-electron chi connectivity index (χ3n) is 7.66. The number of likely N-dealkylation sites (tertiary alicyclic amines) is 2. The van der Waals surface area contributed by atoms with Crippen molar-refractivity contribution in [2.75, 3.05) is 32.7 Å². The van der Waals surface area contributed by atoms with Crippen LogP contribution in [0.3, 0.4) is 0 Å². The normalized spacial score (nSPS) is 19.8. The van der Waals surface area contributed by atoms with Crippen molar-refractivity contribution in [3.63, 3.8) is 0 Å². The van der Waals surface area contributed by atoms with Crippen LogP contribution in [-0.2, 0) is 4.79 Å². The molecule has 3 heterocycles. The summed E-state index contributed by atoms with van der Waals surface area (Å²) in [5.41, 5.74) is 11.2. The van der Waals surface area contributed by atoms with Gasteiger partial charge in [0.2, 0.25) is 0 Å². The number of fused-ring (bicyclic) bond motifs is 1. The summed E-state index contributed by atoms with van der Waals surface area (Å²) in [5, 5.41) is 0. The zero-order valence-electron chi connectivity index (χ0n) is 22.7. The average molecular weight is 556 g/mol. The number of hydrogen-bond acceptors (Lipinski definition) is 6. The highest BCUT2D eigenvalue weighted by Crippen LogP contribution is 2.35. The highest BCUT2D eigenvalue weighted by atomic mass is 19.2. The maximum absolute atomic E-state index is 15.9. The van der Waals surface area contributed by atoms with Gasteiger partial charge in [-0.2, -0.15) is 0 Å². The number of rotatable bonds is 8. The number of carbonyl (C=O) groups is 1. The van der Waals surface area contributed by atoms with Crippen LogP contribution < -0.4 is 11.5 Å². The van der Waals surface area contributed by atoms with Crippen LogP contribution >= 0.6 is 0 Å². The molecule has 2 saturated heterocycles. The third-order valence-corrected chi connectivity index (χ3v) is 7.66. The van der Waals surface area contributed by atoms with E-state index in [1.807, 2.05) is 17.6 Å². The molecule has 8 nitrogen and oxygen atoms in total. The minimum Gasteiger partial charge on any atom is -0.405 e. The Morgan fingerprint density at radius 1 is 1.18 bits per heavy atom. The number of aromatic nitrogens is 2. The molecule has 0 atom stereocenters. The SMILES string of the molecule is C=N/C(=C\C=C/C)c1nc2cc(F)c(F)cc2n1C1CCN(C(=O)C2(F)CCN(CC(/C=C\N)=C/N)CC2)CC1. The fourth-order valence-corrected chi connectivity index (χ4v) is 5.46. The van der Waals surface area contributed by atoms with Gasteiger partial charge in [0, 0.05) is 63.7 Å². The first kappa shape index (κ1) is 29.1. The second kappa shape index (κ2) is 12.5. The Morgan fingerprint density at radius 2 is 1.85 bits per heavy atom. The van der Waals surface area contributed by atoms with E-state index in [0.717, 1.165) is 17.7 Å². The van der Waals surface area contributed by atoms with E-state index in [1.165, 1.54) is 12.4 Å². The van der Waals surface area contributed by atoms with Gasteiger partial charge in [0.1, 0.15) is 5.70 Å². The standard InChI is InChI=1S/C29H36F3N7O/c1-3-4-5-24(35-2)27-36-25-16-22(30)23(31)17-26(25)39(27)21-7-12-38(13-8-21)28(40)29(32)9-14-37(15-10-29)19-20(18-34)6-11-33/h3-6,11,16-18,21H,2,7-10,12-15,19,33-34H2,1H3/b4-3-,11-6-,20-18+,24-5-. The van der Waals surface area contributed by atoms with Gasteiger partial charge < -0.3 is 20.9 Å². The number of halogens is 3. The van der Waals surface area contributed by atoms with E-state index >= 15 is 4.39 Å². The first-order valence-corrected chi connectivity index (χ1v) is 13.4. The van der Waals surface area contributed by atoms with Crippen LogP contribution in [-0.4, -0.2) is 70.4 Å². The number of alkyl halides is 1. The van der Waals surface area contributed by atoms with Gasteiger partial charge in [-0.25, -0.2) is 18.2 Å². The van der Waals surface area contributed by atoms with Crippen molar-refractivity contribution in [1.82, 2.24) is 19.4 Å². The highest BCUT2D eigenvalue weighted by molar-refractivity contribution is 5.85. The summed E-state index contributed by atoms with van der Waals surface area (Å²) in [6.07, 6.45) is 11.1. The smallest absolute Gasteiger partial charge is 0.260 e. The summed E-state index contributed by atoms with van der Waals surface area (Å²) in [4.78, 5) is 25.6. The molecule has 4 rings (SSSR count). The van der Waals surface area contributed by atoms with Gasteiger partial charge in [-0.3, -0.25) is 14.7 Å². The monoisotopic (exact) mass is 555 g/mol. The maximum Gasteiger partial charge on any atom is 0.260 e. The van der Waals surface area contributed by atoms with Gasteiger partial charge in [-0.1, -0.05) is 12.2 Å². The molecule has 214 valence electrons. The van der Waals surface area contributed by atoms with E-state index in [2.05, 4.69) is 21.6 Å². The van der Waals surface area contributed by atoms with Crippen molar-refractivity contribution in [3.8, 4) is 0 Å². The largest absolute Gasteiger partial charge is 0.405 e. The van der Waals surface area contributed by atoms with E-state index in [9.17, 15) is 13.6 Å². The number of piperidine rings is 2. The lowest BCUT2D eigenvalue weighted by Gasteiger charge is -2.40. The number of benzene rings is 1. The van der Waals surface area contributed by atoms with Crippen LogP contribution in [0.4, 0.5) is 13.2 Å². The summed E-state index contributed by atoms with van der Waals surface area (Å²) < 4.78 is 46.0. The maximum atomic E-state index is 15.9. The Bertz CT molecular complexity index is 1360. The number of allylic oxidation sites excluding steroid dienone is 3. The fourth-order valence-electron chi connectivity index (χ4n) is 5.46. The zero-order valence-corrected chi connectivity index (χ0v) is 22.7. The Morgan fingerprint density at radius 3 is 2.45 bits per heavy atom. The van der Waals surface area contributed by atoms with Crippen LogP contribution in [0.1, 0.15) is 44.5 Å². The second-order valence-electron chi connectivity index (χ2n) is 10.2. The fraction of sp³-hybridized carbons (Fsp3) is 0.414. The lowest BCUT2D eigenvalue weighted by Crippen LogP contribution is -2.54. The first-order valence-electron chi connectivity index (χ1n) is 13.4. The van der Waals surface area contributed by atoms with Gasteiger partial charge in [-0.15, -0.1) is 0 Å². The Balaban J connectivity index is 1.49. The van der Waals surface area contributed by atoms with Gasteiger partial charge in [0.05, 0.1) is 11.0 Å². The predicted octanol–water partition coefficient (Wildman–Crippen LogP) is 4.21. The average Bonchev–Trinajstić information content (AvgIpc) is 3.32.